The summed E-state index contributed by atoms with van der Waals surface area (Å²) in [5.74, 6) is 3.32. The van der Waals surface area contributed by atoms with Crippen molar-refractivity contribution in [2.45, 2.75) is 19.4 Å². The molecular weight excluding hydrogens is 446 g/mol. The number of methoxy groups -OCH3 is 1. The Morgan fingerprint density at radius 1 is 0.971 bits per heavy atom. The molecule has 1 aliphatic rings. The molecule has 2 aromatic carbocycles. The van der Waals surface area contributed by atoms with Crippen molar-refractivity contribution in [2.24, 2.45) is 0 Å². The van der Waals surface area contributed by atoms with Gasteiger partial charge in [0.25, 0.3) is 0 Å². The second-order valence-corrected chi connectivity index (χ2v) is 8.38. The van der Waals surface area contributed by atoms with Crippen LogP contribution in [0.5, 0.6) is 5.75 Å². The summed E-state index contributed by atoms with van der Waals surface area (Å²) in [5.41, 5.74) is 1.85. The minimum Gasteiger partial charge on any atom is -0.497 e. The fraction of sp³-hybridized carbons (Fsp3) is 0.308. The van der Waals surface area contributed by atoms with Crippen molar-refractivity contribution in [3.8, 4) is 28.5 Å². The van der Waals surface area contributed by atoms with E-state index in [4.69, 9.17) is 13.7 Å². The maximum atomic E-state index is 12.7. The predicted octanol–water partition coefficient (Wildman–Crippen LogP) is 3.68. The lowest BCUT2D eigenvalue weighted by molar-refractivity contribution is -0.133. The zero-order chi connectivity index (χ0) is 24.0. The molecule has 1 saturated heterocycles. The normalized spacial score (nSPS) is 14.3. The highest BCUT2D eigenvalue weighted by Crippen LogP contribution is 2.22. The lowest BCUT2D eigenvalue weighted by Crippen LogP contribution is -2.48. The van der Waals surface area contributed by atoms with E-state index in [2.05, 4.69) is 20.0 Å². The van der Waals surface area contributed by atoms with Crippen molar-refractivity contribution in [3.63, 3.8) is 0 Å². The first-order chi connectivity index (χ1) is 17.2. The van der Waals surface area contributed by atoms with E-state index in [0.29, 0.717) is 50.1 Å². The summed E-state index contributed by atoms with van der Waals surface area (Å²) in [7, 11) is 1.63. The van der Waals surface area contributed by atoms with Gasteiger partial charge in [0, 0.05) is 50.1 Å². The molecule has 0 atom stereocenters. The molecule has 5 rings (SSSR count). The van der Waals surface area contributed by atoms with Crippen LogP contribution in [0.1, 0.15) is 18.2 Å². The van der Waals surface area contributed by atoms with E-state index in [0.717, 1.165) is 35.7 Å². The quantitative estimate of drug-likeness (QED) is 0.382. The van der Waals surface area contributed by atoms with Gasteiger partial charge in [-0.2, -0.15) is 4.98 Å². The smallest absolute Gasteiger partial charge is 0.241 e. The van der Waals surface area contributed by atoms with Crippen LogP contribution in [-0.4, -0.2) is 64.1 Å². The van der Waals surface area contributed by atoms with E-state index in [9.17, 15) is 4.79 Å². The maximum absolute atomic E-state index is 12.7. The van der Waals surface area contributed by atoms with Crippen LogP contribution >= 0.6 is 0 Å². The number of oxazole rings is 1. The molecule has 0 unspecified atom stereocenters. The number of nitrogens with zero attached hydrogens (tertiary/aromatic N) is 5. The third-order valence-electron chi connectivity index (χ3n) is 6.06. The topological polar surface area (TPSA) is 97.7 Å². The van der Waals surface area contributed by atoms with Crippen LogP contribution in [0.3, 0.4) is 0 Å². The number of benzene rings is 2. The third kappa shape index (κ3) is 5.58. The molecule has 35 heavy (non-hydrogen) atoms. The van der Waals surface area contributed by atoms with Gasteiger partial charge in [-0.3, -0.25) is 9.69 Å². The van der Waals surface area contributed by atoms with Gasteiger partial charge in [0.15, 0.2) is 11.7 Å². The molecule has 0 spiro atoms. The summed E-state index contributed by atoms with van der Waals surface area (Å²) in [4.78, 5) is 25.7. The molecule has 4 aromatic rings. The van der Waals surface area contributed by atoms with Crippen molar-refractivity contribution in [1.82, 2.24) is 24.9 Å². The summed E-state index contributed by atoms with van der Waals surface area (Å²) in [6.07, 6.45) is 2.58. The van der Waals surface area contributed by atoms with E-state index < -0.39 is 0 Å². The van der Waals surface area contributed by atoms with Crippen LogP contribution in [0.4, 0.5) is 0 Å². The SMILES string of the molecule is COc1ccc(-c2noc(CN3CCN(C(=O)CCc4ncc(-c5ccccc5)o4)CC3)n2)cc1. The Labute approximate surface area is 203 Å². The van der Waals surface area contributed by atoms with Crippen LogP contribution < -0.4 is 4.74 Å². The minimum atomic E-state index is 0.115. The number of rotatable bonds is 8. The Bertz CT molecular complexity index is 1240. The van der Waals surface area contributed by atoms with Crippen molar-refractivity contribution in [2.75, 3.05) is 33.3 Å². The summed E-state index contributed by atoms with van der Waals surface area (Å²) in [6.45, 7) is 3.40. The van der Waals surface area contributed by atoms with Crippen LogP contribution in [0.25, 0.3) is 22.7 Å². The van der Waals surface area contributed by atoms with E-state index in [1.807, 2.05) is 59.5 Å². The molecule has 1 amide bonds. The number of aryl methyl sites for hydroxylation is 1. The molecular formula is C26H27N5O4. The van der Waals surface area contributed by atoms with Crippen LogP contribution in [0.15, 0.2) is 69.7 Å². The lowest BCUT2D eigenvalue weighted by atomic mass is 10.2. The highest BCUT2D eigenvalue weighted by molar-refractivity contribution is 5.76. The summed E-state index contributed by atoms with van der Waals surface area (Å²) in [5, 5.41) is 4.09. The number of piperazine rings is 1. The van der Waals surface area contributed by atoms with E-state index in [1.165, 1.54) is 0 Å². The highest BCUT2D eigenvalue weighted by Gasteiger charge is 2.23. The number of amides is 1. The molecule has 3 heterocycles. The van der Waals surface area contributed by atoms with Crippen molar-refractivity contribution in [1.29, 1.82) is 0 Å². The van der Waals surface area contributed by atoms with E-state index in [-0.39, 0.29) is 5.91 Å². The van der Waals surface area contributed by atoms with Gasteiger partial charge < -0.3 is 18.6 Å². The first-order valence-corrected chi connectivity index (χ1v) is 11.7. The Kier molecular flexibility index (Phi) is 6.85. The third-order valence-corrected chi connectivity index (χ3v) is 6.06. The van der Waals surface area contributed by atoms with Crippen LogP contribution in [-0.2, 0) is 17.8 Å². The Balaban J connectivity index is 1.08. The monoisotopic (exact) mass is 473 g/mol. The van der Waals surface area contributed by atoms with Gasteiger partial charge in [0.2, 0.25) is 17.6 Å². The number of aromatic nitrogens is 3. The fourth-order valence-corrected chi connectivity index (χ4v) is 4.06. The average Bonchev–Trinajstić information content (AvgIpc) is 3.58. The van der Waals surface area contributed by atoms with E-state index in [1.54, 1.807) is 13.3 Å². The molecule has 0 aliphatic carbocycles. The number of hydrogen-bond donors (Lipinski definition) is 0. The van der Waals surface area contributed by atoms with Gasteiger partial charge in [-0.1, -0.05) is 35.5 Å². The average molecular weight is 474 g/mol. The molecule has 9 nitrogen and oxygen atoms in total. The molecule has 0 N–H and O–H groups in total. The molecule has 180 valence electrons. The summed E-state index contributed by atoms with van der Waals surface area (Å²) in [6, 6.07) is 17.4. The zero-order valence-electron chi connectivity index (χ0n) is 19.6. The van der Waals surface area contributed by atoms with Crippen molar-refractivity contribution < 1.29 is 18.5 Å². The number of ether oxygens (including phenoxy) is 1. The molecule has 0 saturated carbocycles. The Morgan fingerprint density at radius 2 is 1.74 bits per heavy atom. The number of carbonyl (C=O) groups excluding carboxylic acids is 1. The first kappa shape index (κ1) is 22.8. The van der Waals surface area contributed by atoms with Crippen LogP contribution in [0, 0.1) is 0 Å². The zero-order valence-corrected chi connectivity index (χ0v) is 19.6. The molecule has 1 fully saturated rings. The van der Waals surface area contributed by atoms with Gasteiger partial charge in [-0.05, 0) is 24.3 Å². The molecule has 1 aliphatic heterocycles. The number of hydrogen-bond acceptors (Lipinski definition) is 8. The van der Waals surface area contributed by atoms with Crippen LogP contribution in [0.2, 0.25) is 0 Å². The highest BCUT2D eigenvalue weighted by atomic mass is 16.5. The maximum Gasteiger partial charge on any atom is 0.241 e. The van der Waals surface area contributed by atoms with Crippen molar-refractivity contribution in [3.05, 3.63) is 72.6 Å². The summed E-state index contributed by atoms with van der Waals surface area (Å²) >= 11 is 0. The molecule has 0 bridgehead atoms. The second-order valence-electron chi connectivity index (χ2n) is 8.38. The molecule has 2 aromatic heterocycles. The lowest BCUT2D eigenvalue weighted by Gasteiger charge is -2.33. The minimum absolute atomic E-state index is 0.115. The number of carbonyl (C=O) groups is 1. The molecule has 9 heteroatoms. The van der Waals surface area contributed by atoms with Gasteiger partial charge in [-0.25, -0.2) is 4.98 Å². The van der Waals surface area contributed by atoms with Gasteiger partial charge in [0.05, 0.1) is 19.9 Å². The standard InChI is InChI=1S/C26H27N5O4/c1-33-21-9-7-20(8-10-21)26-28-24(35-29-26)18-30-13-15-31(16-14-30)25(32)12-11-23-27-17-22(34-23)19-5-3-2-4-6-19/h2-10,17H,11-16,18H2,1H3. The fourth-order valence-electron chi connectivity index (χ4n) is 4.06. The van der Waals surface area contributed by atoms with Gasteiger partial charge in [0.1, 0.15) is 5.75 Å². The second kappa shape index (κ2) is 10.5. The van der Waals surface area contributed by atoms with Gasteiger partial charge in [-0.15, -0.1) is 0 Å². The molecule has 0 radical (unpaired) electrons. The largest absolute Gasteiger partial charge is 0.497 e. The van der Waals surface area contributed by atoms with Gasteiger partial charge >= 0.3 is 0 Å². The van der Waals surface area contributed by atoms with E-state index >= 15 is 0 Å². The van der Waals surface area contributed by atoms with Crippen molar-refractivity contribution >= 4 is 5.91 Å². The summed E-state index contributed by atoms with van der Waals surface area (Å²) < 4.78 is 16.4. The predicted molar refractivity (Wildman–Crippen MR) is 128 cm³/mol. The Hall–Kier alpha value is -3.98. The first-order valence-electron chi connectivity index (χ1n) is 11.7. The Morgan fingerprint density at radius 3 is 2.49 bits per heavy atom.